The Morgan fingerprint density at radius 2 is 2.04 bits per heavy atom. The molecule has 0 spiro atoms. The number of benzene rings is 1. The highest BCUT2D eigenvalue weighted by molar-refractivity contribution is 5.82. The Hall–Kier alpha value is -2.33. The molecule has 134 valence electrons. The van der Waals surface area contributed by atoms with E-state index < -0.39 is 0 Å². The van der Waals surface area contributed by atoms with Gasteiger partial charge in [0, 0.05) is 5.56 Å². The van der Waals surface area contributed by atoms with E-state index in [-0.39, 0.29) is 23.9 Å². The number of carbonyl (C=O) groups excluding carboxylic acids is 1. The molecule has 2 N–H and O–H groups in total. The highest BCUT2D eigenvalue weighted by atomic mass is 16.5. The van der Waals surface area contributed by atoms with Crippen LogP contribution in [0, 0.1) is 5.92 Å². The first-order valence-corrected chi connectivity index (χ1v) is 8.64. The van der Waals surface area contributed by atoms with E-state index in [2.05, 4.69) is 17.2 Å². The van der Waals surface area contributed by atoms with Crippen molar-refractivity contribution in [2.75, 3.05) is 13.7 Å². The molecule has 1 aliphatic heterocycles. The van der Waals surface area contributed by atoms with Gasteiger partial charge in [-0.15, -0.1) is 0 Å². The van der Waals surface area contributed by atoms with Crippen LogP contribution in [0.4, 0.5) is 0 Å². The molecule has 25 heavy (non-hydrogen) atoms. The van der Waals surface area contributed by atoms with Crippen molar-refractivity contribution >= 4 is 5.91 Å². The van der Waals surface area contributed by atoms with Crippen LogP contribution in [0.5, 0.6) is 5.75 Å². The van der Waals surface area contributed by atoms with Crippen molar-refractivity contribution in [3.8, 4) is 5.75 Å². The van der Waals surface area contributed by atoms with Crippen LogP contribution in [-0.2, 0) is 4.79 Å². The fraction of sp³-hybridized carbons (Fsp3) is 0.381. The number of hydrogen-bond acceptors (Lipinski definition) is 3. The van der Waals surface area contributed by atoms with E-state index in [1.807, 2.05) is 64.2 Å². The van der Waals surface area contributed by atoms with E-state index in [1.165, 1.54) is 5.57 Å². The average Bonchev–Trinajstić information content (AvgIpc) is 2.61. The second-order valence-electron chi connectivity index (χ2n) is 6.57. The Balaban J connectivity index is 2.13. The number of ether oxygens (including phenoxy) is 1. The van der Waals surface area contributed by atoms with Crippen LogP contribution < -0.4 is 15.4 Å². The van der Waals surface area contributed by atoms with E-state index in [0.29, 0.717) is 6.61 Å². The zero-order valence-corrected chi connectivity index (χ0v) is 15.5. The standard InChI is InChI=1S/C21H28N2O2/c1-6-16(12-11-14(2)3)15(4)21(24)23-18-13-25-19-10-8-7-9-17(19)20(18)22-5/h6-12,15,18,20,22H,1,13H2,2-5H3,(H,23,24)/b16-12+/t15-,18?,20?/m0/s1. The Bertz CT molecular complexity index is 687. The highest BCUT2D eigenvalue weighted by Gasteiger charge is 2.31. The van der Waals surface area contributed by atoms with Gasteiger partial charge < -0.3 is 15.4 Å². The summed E-state index contributed by atoms with van der Waals surface area (Å²) in [6.07, 6.45) is 5.69. The van der Waals surface area contributed by atoms with Crippen molar-refractivity contribution < 1.29 is 9.53 Å². The lowest BCUT2D eigenvalue weighted by Crippen LogP contribution is -2.50. The van der Waals surface area contributed by atoms with Gasteiger partial charge in [-0.25, -0.2) is 0 Å². The quantitative estimate of drug-likeness (QED) is 0.779. The summed E-state index contributed by atoms with van der Waals surface area (Å²) < 4.78 is 5.82. The number of para-hydroxylation sites is 1. The van der Waals surface area contributed by atoms with Crippen LogP contribution >= 0.6 is 0 Å². The molecule has 0 aliphatic carbocycles. The summed E-state index contributed by atoms with van der Waals surface area (Å²) in [5, 5.41) is 6.43. The van der Waals surface area contributed by atoms with Crippen LogP contribution in [0.1, 0.15) is 32.4 Å². The molecule has 1 aliphatic rings. The normalized spacial score (nSPS) is 20.7. The van der Waals surface area contributed by atoms with Crippen molar-refractivity contribution in [3.05, 3.63) is 65.8 Å². The predicted octanol–water partition coefficient (Wildman–Crippen LogP) is 3.54. The summed E-state index contributed by atoms with van der Waals surface area (Å²) in [5.74, 6) is 0.569. The lowest BCUT2D eigenvalue weighted by atomic mass is 9.94. The molecule has 0 saturated heterocycles. The Labute approximate surface area is 150 Å². The van der Waals surface area contributed by atoms with E-state index in [4.69, 9.17) is 4.74 Å². The number of nitrogens with one attached hydrogen (secondary N) is 2. The molecule has 1 aromatic rings. The molecular weight excluding hydrogens is 312 g/mol. The Morgan fingerprint density at radius 3 is 2.68 bits per heavy atom. The molecule has 0 bridgehead atoms. The summed E-state index contributed by atoms with van der Waals surface area (Å²) in [4.78, 5) is 12.7. The Morgan fingerprint density at radius 1 is 1.32 bits per heavy atom. The third-order valence-electron chi connectivity index (χ3n) is 4.45. The topological polar surface area (TPSA) is 50.4 Å². The van der Waals surface area contributed by atoms with Crippen LogP contribution in [0.2, 0.25) is 0 Å². The van der Waals surface area contributed by atoms with Gasteiger partial charge in [0.15, 0.2) is 0 Å². The third kappa shape index (κ3) is 4.60. The smallest absolute Gasteiger partial charge is 0.227 e. The van der Waals surface area contributed by atoms with E-state index in [9.17, 15) is 4.79 Å². The third-order valence-corrected chi connectivity index (χ3v) is 4.45. The molecule has 2 rings (SSSR count). The second kappa shape index (κ2) is 8.67. The SMILES string of the molecule is C=C/C(=C\C=C(C)C)[C@H](C)C(=O)NC1COc2ccccc2C1NC. The maximum absolute atomic E-state index is 12.7. The largest absolute Gasteiger partial charge is 0.491 e. The summed E-state index contributed by atoms with van der Waals surface area (Å²) in [7, 11) is 1.90. The predicted molar refractivity (Wildman–Crippen MR) is 103 cm³/mol. The number of fused-ring (bicyclic) bond motifs is 1. The zero-order valence-electron chi connectivity index (χ0n) is 15.5. The fourth-order valence-corrected chi connectivity index (χ4v) is 2.95. The van der Waals surface area contributed by atoms with Crippen LogP contribution in [-0.4, -0.2) is 25.6 Å². The van der Waals surface area contributed by atoms with Crippen molar-refractivity contribution in [3.63, 3.8) is 0 Å². The molecule has 0 radical (unpaired) electrons. The number of hydrogen-bond donors (Lipinski definition) is 2. The van der Waals surface area contributed by atoms with E-state index in [0.717, 1.165) is 16.9 Å². The lowest BCUT2D eigenvalue weighted by molar-refractivity contribution is -0.124. The molecular formula is C21H28N2O2. The monoisotopic (exact) mass is 340 g/mol. The van der Waals surface area contributed by atoms with Crippen molar-refractivity contribution in [1.29, 1.82) is 0 Å². The van der Waals surface area contributed by atoms with Crippen LogP contribution in [0.3, 0.4) is 0 Å². The van der Waals surface area contributed by atoms with Crippen LogP contribution in [0.15, 0.2) is 60.2 Å². The van der Waals surface area contributed by atoms with Gasteiger partial charge in [0.25, 0.3) is 0 Å². The molecule has 4 nitrogen and oxygen atoms in total. The molecule has 0 aromatic heterocycles. The van der Waals surface area contributed by atoms with Crippen molar-refractivity contribution in [2.24, 2.45) is 5.92 Å². The molecule has 1 aromatic carbocycles. The molecule has 2 unspecified atom stereocenters. The molecule has 0 saturated carbocycles. The molecule has 0 fully saturated rings. The maximum Gasteiger partial charge on any atom is 0.227 e. The Kier molecular flexibility index (Phi) is 6.59. The number of amides is 1. The minimum absolute atomic E-state index is 0.0232. The molecule has 3 atom stereocenters. The first kappa shape index (κ1) is 19.0. The van der Waals surface area contributed by atoms with Gasteiger partial charge in [-0.3, -0.25) is 4.79 Å². The summed E-state index contributed by atoms with van der Waals surface area (Å²) in [5.41, 5.74) is 3.15. The first-order chi connectivity index (χ1) is 12.0. The summed E-state index contributed by atoms with van der Waals surface area (Å²) in [6, 6.07) is 7.83. The van der Waals surface area contributed by atoms with Gasteiger partial charge >= 0.3 is 0 Å². The zero-order chi connectivity index (χ0) is 18.4. The van der Waals surface area contributed by atoms with Crippen LogP contribution in [0.25, 0.3) is 0 Å². The van der Waals surface area contributed by atoms with Gasteiger partial charge in [-0.2, -0.15) is 0 Å². The fourth-order valence-electron chi connectivity index (χ4n) is 2.95. The van der Waals surface area contributed by atoms with E-state index >= 15 is 0 Å². The van der Waals surface area contributed by atoms with Crippen molar-refractivity contribution in [2.45, 2.75) is 32.9 Å². The van der Waals surface area contributed by atoms with Crippen molar-refractivity contribution in [1.82, 2.24) is 10.6 Å². The average molecular weight is 340 g/mol. The number of allylic oxidation sites excluding steroid dienone is 4. The van der Waals surface area contributed by atoms with Gasteiger partial charge in [-0.1, -0.05) is 48.6 Å². The van der Waals surface area contributed by atoms with Gasteiger partial charge in [0.2, 0.25) is 5.91 Å². The first-order valence-electron chi connectivity index (χ1n) is 8.64. The maximum atomic E-state index is 12.7. The molecule has 4 heteroatoms. The summed E-state index contributed by atoms with van der Waals surface area (Å²) >= 11 is 0. The number of rotatable bonds is 6. The van der Waals surface area contributed by atoms with Gasteiger partial charge in [0.05, 0.1) is 18.0 Å². The number of likely N-dealkylation sites (N-methyl/N-ethyl adjacent to an activating group) is 1. The van der Waals surface area contributed by atoms with Gasteiger partial charge in [0.1, 0.15) is 12.4 Å². The molecule has 1 heterocycles. The van der Waals surface area contributed by atoms with Gasteiger partial charge in [-0.05, 0) is 39.5 Å². The lowest BCUT2D eigenvalue weighted by Gasteiger charge is -2.34. The highest BCUT2D eigenvalue weighted by Crippen LogP contribution is 2.31. The van der Waals surface area contributed by atoms with E-state index in [1.54, 1.807) is 6.08 Å². The summed E-state index contributed by atoms with van der Waals surface area (Å²) in [6.45, 7) is 10.2. The minimum atomic E-state index is -0.275. The number of carbonyl (C=O) groups is 1. The second-order valence-corrected chi connectivity index (χ2v) is 6.57. The molecule has 1 amide bonds. The minimum Gasteiger partial charge on any atom is -0.491 e.